The molecular formula is C18H17N3O5S. The van der Waals surface area contributed by atoms with Gasteiger partial charge in [-0.2, -0.15) is 0 Å². The van der Waals surface area contributed by atoms with Gasteiger partial charge in [0.1, 0.15) is 0 Å². The lowest BCUT2D eigenvalue weighted by Gasteiger charge is -2.14. The number of aryl methyl sites for hydroxylation is 1. The van der Waals surface area contributed by atoms with Crippen LogP contribution in [0.4, 0.5) is 11.4 Å². The van der Waals surface area contributed by atoms with Gasteiger partial charge in [0.2, 0.25) is 21.8 Å². The van der Waals surface area contributed by atoms with Crippen LogP contribution in [0.15, 0.2) is 47.4 Å². The number of nitrogens with zero attached hydrogens (tertiary/aromatic N) is 1. The van der Waals surface area contributed by atoms with Gasteiger partial charge in [0.25, 0.3) is 5.91 Å². The van der Waals surface area contributed by atoms with E-state index in [9.17, 15) is 22.8 Å². The first-order valence-corrected chi connectivity index (χ1v) is 9.62. The number of sulfonamides is 1. The molecule has 0 aromatic heterocycles. The molecule has 8 nitrogen and oxygen atoms in total. The Labute approximate surface area is 156 Å². The molecule has 1 aliphatic rings. The number of benzene rings is 2. The Bertz CT molecular complexity index is 1030. The minimum Gasteiger partial charge on any atom is -0.322 e. The molecule has 0 saturated carbocycles. The molecule has 1 saturated heterocycles. The molecule has 0 aliphatic carbocycles. The number of hydrogen-bond donors (Lipinski definition) is 2. The number of nitrogens with two attached hydrogens (primary N) is 1. The van der Waals surface area contributed by atoms with Crippen molar-refractivity contribution in [1.29, 1.82) is 0 Å². The zero-order chi connectivity index (χ0) is 19.8. The number of anilines is 2. The van der Waals surface area contributed by atoms with E-state index < -0.39 is 15.9 Å². The third-order valence-electron chi connectivity index (χ3n) is 4.19. The molecule has 9 heteroatoms. The molecular weight excluding hydrogens is 370 g/mol. The van der Waals surface area contributed by atoms with Crippen LogP contribution in [0.1, 0.15) is 28.8 Å². The summed E-state index contributed by atoms with van der Waals surface area (Å²) in [6.07, 6.45) is 0.363. The third kappa shape index (κ3) is 3.88. The molecule has 1 fully saturated rings. The highest BCUT2D eigenvalue weighted by Gasteiger charge is 2.30. The number of rotatable bonds is 4. The first-order chi connectivity index (χ1) is 12.7. The van der Waals surface area contributed by atoms with Crippen LogP contribution in [0.25, 0.3) is 0 Å². The quantitative estimate of drug-likeness (QED) is 0.770. The average molecular weight is 387 g/mol. The van der Waals surface area contributed by atoms with E-state index in [1.807, 2.05) is 0 Å². The molecule has 0 radical (unpaired) electrons. The molecule has 140 valence electrons. The number of nitrogens with one attached hydrogen (secondary N) is 1. The van der Waals surface area contributed by atoms with Gasteiger partial charge < -0.3 is 5.32 Å². The Morgan fingerprint density at radius 1 is 1.04 bits per heavy atom. The largest absolute Gasteiger partial charge is 0.322 e. The smallest absolute Gasteiger partial charge is 0.255 e. The third-order valence-corrected chi connectivity index (χ3v) is 5.24. The van der Waals surface area contributed by atoms with Gasteiger partial charge in [-0.3, -0.25) is 19.3 Å². The van der Waals surface area contributed by atoms with E-state index in [1.165, 1.54) is 30.3 Å². The van der Waals surface area contributed by atoms with E-state index in [-0.39, 0.29) is 40.8 Å². The van der Waals surface area contributed by atoms with E-state index in [1.54, 1.807) is 19.1 Å². The van der Waals surface area contributed by atoms with Gasteiger partial charge >= 0.3 is 0 Å². The maximum Gasteiger partial charge on any atom is 0.255 e. The van der Waals surface area contributed by atoms with Gasteiger partial charge in [-0.05, 0) is 48.9 Å². The fourth-order valence-electron chi connectivity index (χ4n) is 2.81. The maximum absolute atomic E-state index is 12.4. The molecule has 0 bridgehead atoms. The summed E-state index contributed by atoms with van der Waals surface area (Å²) in [7, 11) is -3.90. The molecule has 3 N–H and O–H groups in total. The van der Waals surface area contributed by atoms with Gasteiger partial charge in [0.15, 0.2) is 0 Å². The predicted molar refractivity (Wildman–Crippen MR) is 98.7 cm³/mol. The second-order valence-corrected chi connectivity index (χ2v) is 7.68. The van der Waals surface area contributed by atoms with E-state index in [2.05, 4.69) is 5.32 Å². The standard InChI is InChI=1S/C18H17N3O5S/c1-11-2-5-13(10-15(11)27(19,25)26)20-18(24)12-3-6-14(7-4-12)21-16(22)8-9-17(21)23/h2-7,10H,8-9H2,1H3,(H,20,24)(H2,19,25,26). The van der Waals surface area contributed by atoms with Crippen molar-refractivity contribution in [2.75, 3.05) is 10.2 Å². The number of carbonyl (C=O) groups is 3. The maximum atomic E-state index is 12.4. The molecule has 2 aromatic rings. The van der Waals surface area contributed by atoms with Crippen molar-refractivity contribution in [2.45, 2.75) is 24.7 Å². The lowest BCUT2D eigenvalue weighted by molar-refractivity contribution is -0.121. The number of hydrogen-bond acceptors (Lipinski definition) is 5. The Morgan fingerprint density at radius 3 is 2.19 bits per heavy atom. The van der Waals surface area contributed by atoms with Crippen LogP contribution >= 0.6 is 0 Å². The Morgan fingerprint density at radius 2 is 1.63 bits per heavy atom. The Hall–Kier alpha value is -3.04. The predicted octanol–water partition coefficient (Wildman–Crippen LogP) is 1.55. The fraction of sp³-hybridized carbons (Fsp3) is 0.167. The highest BCUT2D eigenvalue weighted by atomic mass is 32.2. The van der Waals surface area contributed by atoms with Crippen LogP contribution < -0.4 is 15.4 Å². The van der Waals surface area contributed by atoms with E-state index >= 15 is 0 Å². The van der Waals surface area contributed by atoms with Crippen LogP contribution in [-0.2, 0) is 19.6 Å². The number of carbonyl (C=O) groups excluding carboxylic acids is 3. The topological polar surface area (TPSA) is 127 Å². The second kappa shape index (κ2) is 6.93. The highest BCUT2D eigenvalue weighted by Crippen LogP contribution is 2.24. The molecule has 2 aromatic carbocycles. The zero-order valence-electron chi connectivity index (χ0n) is 14.4. The fourth-order valence-corrected chi connectivity index (χ4v) is 3.62. The van der Waals surface area contributed by atoms with Gasteiger partial charge in [-0.25, -0.2) is 13.6 Å². The van der Waals surface area contributed by atoms with Crippen molar-refractivity contribution in [3.63, 3.8) is 0 Å². The first kappa shape index (κ1) is 18.7. The van der Waals surface area contributed by atoms with Crippen molar-refractivity contribution in [2.24, 2.45) is 5.14 Å². The van der Waals surface area contributed by atoms with Crippen LogP contribution in [0.2, 0.25) is 0 Å². The zero-order valence-corrected chi connectivity index (χ0v) is 15.2. The minimum absolute atomic E-state index is 0.0679. The van der Waals surface area contributed by atoms with Gasteiger partial charge in [-0.15, -0.1) is 0 Å². The molecule has 1 aliphatic heterocycles. The summed E-state index contributed by atoms with van der Waals surface area (Å²) >= 11 is 0. The van der Waals surface area contributed by atoms with Crippen molar-refractivity contribution in [3.8, 4) is 0 Å². The summed E-state index contributed by atoms with van der Waals surface area (Å²) in [6, 6.07) is 10.4. The number of amides is 3. The lowest BCUT2D eigenvalue weighted by Crippen LogP contribution is -2.28. The van der Waals surface area contributed by atoms with Crippen molar-refractivity contribution >= 4 is 39.1 Å². The summed E-state index contributed by atoms with van der Waals surface area (Å²) in [4.78, 5) is 36.9. The molecule has 27 heavy (non-hydrogen) atoms. The summed E-state index contributed by atoms with van der Waals surface area (Å²) in [5, 5.41) is 7.77. The van der Waals surface area contributed by atoms with Crippen molar-refractivity contribution in [1.82, 2.24) is 0 Å². The summed E-state index contributed by atoms with van der Waals surface area (Å²) in [5.41, 5.74) is 1.45. The van der Waals surface area contributed by atoms with Gasteiger partial charge in [0.05, 0.1) is 10.6 Å². The van der Waals surface area contributed by atoms with Crippen molar-refractivity contribution in [3.05, 3.63) is 53.6 Å². The monoisotopic (exact) mass is 387 g/mol. The summed E-state index contributed by atoms with van der Waals surface area (Å²) < 4.78 is 23.2. The van der Waals surface area contributed by atoms with Gasteiger partial charge in [-0.1, -0.05) is 6.07 Å². The first-order valence-electron chi connectivity index (χ1n) is 8.07. The SMILES string of the molecule is Cc1ccc(NC(=O)c2ccc(N3C(=O)CCC3=O)cc2)cc1S(N)(=O)=O. The normalized spacial score (nSPS) is 14.5. The molecule has 1 heterocycles. The number of imide groups is 1. The second-order valence-electron chi connectivity index (χ2n) is 6.15. The molecule has 0 unspecified atom stereocenters. The molecule has 3 amide bonds. The van der Waals surface area contributed by atoms with Crippen molar-refractivity contribution < 1.29 is 22.8 Å². The average Bonchev–Trinajstić information content (AvgIpc) is 2.94. The number of primary sulfonamides is 1. The molecule has 0 spiro atoms. The van der Waals surface area contributed by atoms with E-state index in [0.717, 1.165) is 4.90 Å². The summed E-state index contributed by atoms with van der Waals surface area (Å²) in [6.45, 7) is 1.60. The van der Waals surface area contributed by atoms with Gasteiger partial charge in [0, 0.05) is 24.1 Å². The van der Waals surface area contributed by atoms with Crippen LogP contribution in [0.3, 0.4) is 0 Å². The minimum atomic E-state index is -3.90. The Balaban J connectivity index is 1.79. The van der Waals surface area contributed by atoms with Crippen LogP contribution in [-0.4, -0.2) is 26.1 Å². The molecule has 3 rings (SSSR count). The summed E-state index contributed by atoms with van der Waals surface area (Å²) in [5.74, 6) is -1.01. The molecule has 0 atom stereocenters. The van der Waals surface area contributed by atoms with E-state index in [0.29, 0.717) is 11.3 Å². The van der Waals surface area contributed by atoms with Crippen LogP contribution in [0.5, 0.6) is 0 Å². The van der Waals surface area contributed by atoms with Crippen LogP contribution in [0, 0.1) is 6.92 Å². The van der Waals surface area contributed by atoms with E-state index in [4.69, 9.17) is 5.14 Å². The lowest BCUT2D eigenvalue weighted by atomic mass is 10.1. The Kier molecular flexibility index (Phi) is 4.81. The highest BCUT2D eigenvalue weighted by molar-refractivity contribution is 7.89.